The summed E-state index contributed by atoms with van der Waals surface area (Å²) < 4.78 is 5.52. The van der Waals surface area contributed by atoms with Gasteiger partial charge in [-0.25, -0.2) is 4.79 Å². The third kappa shape index (κ3) is 6.42. The van der Waals surface area contributed by atoms with Crippen molar-refractivity contribution in [3.8, 4) is 5.75 Å². The van der Waals surface area contributed by atoms with Gasteiger partial charge in [0.05, 0.1) is 10.8 Å². The molecule has 9 heteroatoms. The van der Waals surface area contributed by atoms with Crippen molar-refractivity contribution >= 4 is 17.6 Å². The number of aromatic hydroxyl groups is 1. The summed E-state index contributed by atoms with van der Waals surface area (Å²) in [5.74, 6) is -2.86. The van der Waals surface area contributed by atoms with Gasteiger partial charge in [-0.3, -0.25) is 19.8 Å². The van der Waals surface area contributed by atoms with Crippen LogP contribution in [0.5, 0.6) is 5.75 Å². The number of carbonyl (C=O) groups excluding carboxylic acids is 1. The van der Waals surface area contributed by atoms with Crippen LogP contribution in [0.1, 0.15) is 63.4 Å². The van der Waals surface area contributed by atoms with Gasteiger partial charge in [0.25, 0.3) is 0 Å². The first-order chi connectivity index (χ1) is 13.5. The Kier molecular flexibility index (Phi) is 8.57. The summed E-state index contributed by atoms with van der Waals surface area (Å²) in [6.07, 6.45) is 1.30. The zero-order valence-electron chi connectivity index (χ0n) is 17.6. The van der Waals surface area contributed by atoms with Crippen molar-refractivity contribution in [3.05, 3.63) is 33.4 Å². The van der Waals surface area contributed by atoms with E-state index < -0.39 is 33.5 Å². The Morgan fingerprint density at radius 1 is 1.34 bits per heavy atom. The molecule has 0 radical (unpaired) electrons. The van der Waals surface area contributed by atoms with Gasteiger partial charge in [0, 0.05) is 19.2 Å². The fourth-order valence-electron chi connectivity index (χ4n) is 2.93. The van der Waals surface area contributed by atoms with E-state index in [4.69, 9.17) is 9.84 Å². The number of aromatic carboxylic acids is 1. The van der Waals surface area contributed by atoms with Crippen molar-refractivity contribution in [1.82, 2.24) is 4.90 Å². The third-order valence-electron chi connectivity index (χ3n) is 4.82. The summed E-state index contributed by atoms with van der Waals surface area (Å²) in [4.78, 5) is 35.7. The number of rotatable bonds is 7. The molecule has 1 aromatic rings. The summed E-state index contributed by atoms with van der Waals surface area (Å²) in [5.41, 5.74) is -1.30. The third-order valence-corrected chi connectivity index (χ3v) is 4.82. The lowest BCUT2D eigenvalue weighted by Gasteiger charge is -2.25. The maximum Gasteiger partial charge on any atom is 0.339 e. The average Bonchev–Trinajstić information content (AvgIpc) is 3.12. The van der Waals surface area contributed by atoms with E-state index in [0.717, 1.165) is 6.07 Å². The molecule has 0 bridgehead atoms. The summed E-state index contributed by atoms with van der Waals surface area (Å²) in [6, 6.07) is 2.38. The normalized spacial score (nSPS) is 16.7. The number of nitro groups is 1. The summed E-state index contributed by atoms with van der Waals surface area (Å²) in [6.45, 7) is 10.9. The van der Waals surface area contributed by atoms with Crippen LogP contribution in [0.15, 0.2) is 12.1 Å². The lowest BCUT2D eigenvalue weighted by molar-refractivity contribution is -0.386. The zero-order valence-corrected chi connectivity index (χ0v) is 17.6. The molecule has 0 spiro atoms. The minimum atomic E-state index is -1.44. The number of esters is 1. The number of hydrogen-bond acceptors (Lipinski definition) is 7. The number of nitro benzene ring substituents is 1. The maximum atomic E-state index is 12.3. The van der Waals surface area contributed by atoms with Crippen LogP contribution in [-0.2, 0) is 16.1 Å². The van der Waals surface area contributed by atoms with Crippen LogP contribution >= 0.6 is 0 Å². The number of carbonyl (C=O) groups is 2. The molecule has 1 aliphatic heterocycles. The Hall–Kier alpha value is -2.68. The van der Waals surface area contributed by atoms with Crippen molar-refractivity contribution in [2.45, 2.75) is 59.6 Å². The fourth-order valence-corrected chi connectivity index (χ4v) is 2.93. The molecule has 1 atom stereocenters. The Morgan fingerprint density at radius 2 is 1.97 bits per heavy atom. The Labute approximate surface area is 170 Å². The summed E-state index contributed by atoms with van der Waals surface area (Å²) in [5, 5.41) is 30.0. The minimum absolute atomic E-state index is 0.238. The van der Waals surface area contributed by atoms with Crippen LogP contribution in [0.4, 0.5) is 5.69 Å². The van der Waals surface area contributed by atoms with Crippen LogP contribution in [-0.4, -0.2) is 50.7 Å². The Bertz CT molecular complexity index is 726. The van der Waals surface area contributed by atoms with E-state index in [1.54, 1.807) is 0 Å². The molecule has 162 valence electrons. The van der Waals surface area contributed by atoms with Gasteiger partial charge in [-0.2, -0.15) is 0 Å². The largest absolute Gasteiger partial charge is 0.501 e. The Balaban J connectivity index is 0.00000204. The Morgan fingerprint density at radius 3 is 2.48 bits per heavy atom. The van der Waals surface area contributed by atoms with E-state index in [1.807, 2.05) is 39.5 Å². The molecule has 29 heavy (non-hydrogen) atoms. The second kappa shape index (κ2) is 10.2. The van der Waals surface area contributed by atoms with E-state index >= 15 is 0 Å². The van der Waals surface area contributed by atoms with Gasteiger partial charge in [0.1, 0.15) is 11.2 Å². The average molecular weight is 410 g/mol. The number of nitrogens with zero attached hydrogens (tertiary/aromatic N) is 2. The van der Waals surface area contributed by atoms with Gasteiger partial charge in [0.2, 0.25) is 5.75 Å². The standard InChI is InChI=1S/C18H24N2O7.C2H6/c1-4-18(2,3)27-17(24)12-5-6-19(10-12)9-11-7-13(16(22)23)15(21)14(8-11)20(25)26;1-2/h7-8,12,21H,4-6,9-10H2,1-3H3,(H,22,23);1-2H3. The highest BCUT2D eigenvalue weighted by Gasteiger charge is 2.33. The van der Waals surface area contributed by atoms with Crippen LogP contribution < -0.4 is 0 Å². The van der Waals surface area contributed by atoms with Gasteiger partial charge in [0.15, 0.2) is 0 Å². The molecule has 1 saturated heterocycles. The first kappa shape index (κ1) is 24.4. The monoisotopic (exact) mass is 410 g/mol. The van der Waals surface area contributed by atoms with Crippen molar-refractivity contribution in [2.75, 3.05) is 13.1 Å². The number of ether oxygens (including phenoxy) is 1. The molecule has 9 nitrogen and oxygen atoms in total. The van der Waals surface area contributed by atoms with Crippen LogP contribution in [0.2, 0.25) is 0 Å². The van der Waals surface area contributed by atoms with Crippen molar-refractivity contribution in [2.24, 2.45) is 5.92 Å². The number of carboxylic acid groups (broad SMARTS) is 1. The molecule has 1 unspecified atom stereocenters. The van der Waals surface area contributed by atoms with Crippen LogP contribution in [0, 0.1) is 16.0 Å². The molecule has 0 amide bonds. The topological polar surface area (TPSA) is 130 Å². The molecule has 0 aromatic heterocycles. The SMILES string of the molecule is CC.CCC(C)(C)OC(=O)C1CCN(Cc2cc(C(=O)O)c(O)c([N+](=O)[O-])c2)C1. The number of phenols is 1. The zero-order chi connectivity index (χ0) is 22.4. The van der Waals surface area contributed by atoms with E-state index in [2.05, 4.69) is 0 Å². The number of benzene rings is 1. The molecule has 2 N–H and O–H groups in total. The first-order valence-electron chi connectivity index (χ1n) is 9.73. The molecule has 0 saturated carbocycles. The van der Waals surface area contributed by atoms with Crippen molar-refractivity contribution in [3.63, 3.8) is 0 Å². The van der Waals surface area contributed by atoms with Gasteiger partial charge in [-0.05, 0) is 44.9 Å². The number of hydrogen-bond donors (Lipinski definition) is 2. The molecular formula is C20H30N2O7. The minimum Gasteiger partial charge on any atom is -0.501 e. The first-order valence-corrected chi connectivity index (χ1v) is 9.73. The predicted octanol–water partition coefficient (Wildman–Crippen LogP) is 3.58. The van der Waals surface area contributed by atoms with E-state index in [1.165, 1.54) is 6.07 Å². The molecule has 1 heterocycles. The van der Waals surface area contributed by atoms with Crippen molar-refractivity contribution < 1.29 is 29.5 Å². The molecule has 2 rings (SSSR count). The molecular weight excluding hydrogens is 380 g/mol. The lowest BCUT2D eigenvalue weighted by atomic mass is 10.1. The predicted molar refractivity (Wildman–Crippen MR) is 107 cm³/mol. The summed E-state index contributed by atoms with van der Waals surface area (Å²) >= 11 is 0. The lowest BCUT2D eigenvalue weighted by Crippen LogP contribution is -2.32. The van der Waals surface area contributed by atoms with Gasteiger partial charge in [-0.15, -0.1) is 0 Å². The van der Waals surface area contributed by atoms with Gasteiger partial charge in [-0.1, -0.05) is 20.8 Å². The maximum absolute atomic E-state index is 12.3. The van der Waals surface area contributed by atoms with Gasteiger partial charge >= 0.3 is 17.6 Å². The fraction of sp³-hybridized carbons (Fsp3) is 0.600. The van der Waals surface area contributed by atoms with E-state index in [-0.39, 0.29) is 18.4 Å². The van der Waals surface area contributed by atoms with Crippen LogP contribution in [0.25, 0.3) is 0 Å². The highest BCUT2D eigenvalue weighted by molar-refractivity contribution is 5.92. The van der Waals surface area contributed by atoms with E-state index in [0.29, 0.717) is 31.5 Å². The molecule has 1 aliphatic rings. The second-order valence-corrected chi connectivity index (χ2v) is 7.33. The molecule has 1 aromatic carbocycles. The highest BCUT2D eigenvalue weighted by Crippen LogP contribution is 2.32. The molecule has 0 aliphatic carbocycles. The number of carboxylic acids is 1. The van der Waals surface area contributed by atoms with Crippen molar-refractivity contribution in [1.29, 1.82) is 0 Å². The quantitative estimate of drug-likeness (QED) is 0.396. The van der Waals surface area contributed by atoms with Gasteiger partial charge < -0.3 is 14.9 Å². The molecule has 1 fully saturated rings. The number of likely N-dealkylation sites (tertiary alicyclic amines) is 1. The smallest absolute Gasteiger partial charge is 0.339 e. The van der Waals surface area contributed by atoms with E-state index in [9.17, 15) is 24.8 Å². The summed E-state index contributed by atoms with van der Waals surface area (Å²) in [7, 11) is 0. The second-order valence-electron chi connectivity index (χ2n) is 7.33. The van der Waals surface area contributed by atoms with Crippen LogP contribution in [0.3, 0.4) is 0 Å². The highest BCUT2D eigenvalue weighted by atomic mass is 16.6.